The summed E-state index contributed by atoms with van der Waals surface area (Å²) in [5.74, 6) is 0.728. The molecule has 1 saturated carbocycles. The van der Waals surface area contributed by atoms with Gasteiger partial charge in [0.05, 0.1) is 11.3 Å². The summed E-state index contributed by atoms with van der Waals surface area (Å²) in [5, 5.41) is 12.0. The summed E-state index contributed by atoms with van der Waals surface area (Å²) in [6, 6.07) is 8.11. The molecule has 2 fully saturated rings. The highest BCUT2D eigenvalue weighted by Crippen LogP contribution is 2.32. The average Bonchev–Trinajstić information content (AvgIpc) is 3.47. The molecule has 27 heavy (non-hydrogen) atoms. The number of halogens is 3. The third-order valence-electron chi connectivity index (χ3n) is 5.34. The first-order valence-corrected chi connectivity index (χ1v) is 9.43. The highest BCUT2D eigenvalue weighted by Gasteiger charge is 2.32. The lowest BCUT2D eigenvalue weighted by molar-refractivity contribution is -0.137. The van der Waals surface area contributed by atoms with Gasteiger partial charge < -0.3 is 5.32 Å². The molecule has 1 saturated heterocycles. The van der Waals surface area contributed by atoms with Crippen LogP contribution in [0.1, 0.15) is 36.8 Å². The monoisotopic (exact) mass is 376 g/mol. The Kier molecular flexibility index (Phi) is 4.80. The first-order valence-electron chi connectivity index (χ1n) is 9.43. The molecule has 1 N–H and O–H groups in total. The van der Waals surface area contributed by atoms with Gasteiger partial charge in [-0.05, 0) is 62.9 Å². The van der Waals surface area contributed by atoms with Crippen molar-refractivity contribution in [1.29, 1.82) is 0 Å². The average molecular weight is 376 g/mol. The van der Waals surface area contributed by atoms with Crippen molar-refractivity contribution >= 4 is 5.82 Å². The molecule has 1 aliphatic carbocycles. The fourth-order valence-electron chi connectivity index (χ4n) is 3.76. The summed E-state index contributed by atoms with van der Waals surface area (Å²) >= 11 is 0. The van der Waals surface area contributed by atoms with Crippen LogP contribution < -0.4 is 5.32 Å². The van der Waals surface area contributed by atoms with Crippen molar-refractivity contribution < 1.29 is 13.2 Å². The maximum atomic E-state index is 12.7. The number of alkyl halides is 3. The maximum Gasteiger partial charge on any atom is 0.416 e. The van der Waals surface area contributed by atoms with Gasteiger partial charge in [0.2, 0.25) is 0 Å². The smallest absolute Gasteiger partial charge is 0.365 e. The second kappa shape index (κ2) is 7.11. The Labute approximate surface area is 156 Å². The molecule has 1 aromatic carbocycles. The first-order chi connectivity index (χ1) is 12.9. The molecule has 7 heteroatoms. The van der Waals surface area contributed by atoms with Gasteiger partial charge in [0, 0.05) is 24.2 Å². The van der Waals surface area contributed by atoms with Gasteiger partial charge >= 0.3 is 6.18 Å². The Morgan fingerprint density at radius 3 is 2.44 bits per heavy atom. The van der Waals surface area contributed by atoms with Gasteiger partial charge in [-0.2, -0.15) is 13.2 Å². The zero-order valence-corrected chi connectivity index (χ0v) is 15.3. The third-order valence-corrected chi connectivity index (χ3v) is 5.34. The molecule has 0 radical (unpaired) electrons. The molecule has 0 unspecified atom stereocenters. The molecular formula is C20H23F3N4. The van der Waals surface area contributed by atoms with E-state index in [4.69, 9.17) is 0 Å². The Morgan fingerprint density at radius 1 is 1.07 bits per heavy atom. The minimum absolute atomic E-state index is 0.366. The van der Waals surface area contributed by atoms with Gasteiger partial charge in [-0.1, -0.05) is 12.1 Å². The number of aromatic nitrogens is 2. The predicted octanol–water partition coefficient (Wildman–Crippen LogP) is 4.51. The van der Waals surface area contributed by atoms with Crippen molar-refractivity contribution in [2.24, 2.45) is 0 Å². The molecule has 0 amide bonds. The van der Waals surface area contributed by atoms with E-state index >= 15 is 0 Å². The lowest BCUT2D eigenvalue weighted by Gasteiger charge is -2.33. The molecule has 0 bridgehead atoms. The molecule has 144 valence electrons. The summed E-state index contributed by atoms with van der Waals surface area (Å²) in [6.45, 7) is 4.12. The van der Waals surface area contributed by atoms with Gasteiger partial charge in [-0.3, -0.25) is 4.90 Å². The van der Waals surface area contributed by atoms with Crippen molar-refractivity contribution in [3.63, 3.8) is 0 Å². The molecule has 2 aromatic rings. The fraction of sp³-hybridized carbons (Fsp3) is 0.500. The van der Waals surface area contributed by atoms with E-state index in [0.29, 0.717) is 17.3 Å². The van der Waals surface area contributed by atoms with Crippen molar-refractivity contribution in [3.8, 4) is 11.3 Å². The van der Waals surface area contributed by atoms with Crippen LogP contribution in [0.25, 0.3) is 11.3 Å². The van der Waals surface area contributed by atoms with E-state index in [9.17, 15) is 13.2 Å². The second-order valence-electron chi connectivity index (χ2n) is 7.55. The molecule has 1 atom stereocenters. The number of likely N-dealkylation sites (tertiary alicyclic amines) is 1. The summed E-state index contributed by atoms with van der Waals surface area (Å²) in [7, 11) is 0. The van der Waals surface area contributed by atoms with Crippen LogP contribution in [0, 0.1) is 6.92 Å². The van der Waals surface area contributed by atoms with Crippen LogP contribution in [0.3, 0.4) is 0 Å². The van der Waals surface area contributed by atoms with Gasteiger partial charge in [0.25, 0.3) is 0 Å². The van der Waals surface area contributed by atoms with Gasteiger partial charge in [-0.25, -0.2) is 0 Å². The van der Waals surface area contributed by atoms with Crippen LogP contribution in [0.4, 0.5) is 19.0 Å². The van der Waals surface area contributed by atoms with Crippen LogP contribution >= 0.6 is 0 Å². The number of aryl methyl sites for hydroxylation is 1. The largest absolute Gasteiger partial charge is 0.416 e. The third kappa shape index (κ3) is 4.24. The predicted molar refractivity (Wildman–Crippen MR) is 98.4 cm³/mol. The van der Waals surface area contributed by atoms with E-state index in [2.05, 4.69) is 20.4 Å². The van der Waals surface area contributed by atoms with Crippen molar-refractivity contribution in [1.82, 2.24) is 15.1 Å². The molecule has 1 aromatic heterocycles. The molecule has 0 spiro atoms. The zero-order valence-electron chi connectivity index (χ0n) is 15.3. The van der Waals surface area contributed by atoms with E-state index in [-0.39, 0.29) is 0 Å². The maximum absolute atomic E-state index is 12.7. The van der Waals surface area contributed by atoms with Gasteiger partial charge in [-0.15, -0.1) is 10.2 Å². The van der Waals surface area contributed by atoms with E-state index in [1.54, 1.807) is 0 Å². The van der Waals surface area contributed by atoms with E-state index in [1.807, 2.05) is 13.0 Å². The molecule has 2 heterocycles. The van der Waals surface area contributed by atoms with Crippen molar-refractivity contribution in [3.05, 3.63) is 41.5 Å². The lowest BCUT2D eigenvalue weighted by atomic mass is 10.0. The summed E-state index contributed by atoms with van der Waals surface area (Å²) in [6.07, 6.45) is 0.594. The Hall–Kier alpha value is -2.15. The Bertz CT molecular complexity index is 800. The lowest BCUT2D eigenvalue weighted by Crippen LogP contribution is -2.43. The Morgan fingerprint density at radius 2 is 1.81 bits per heavy atom. The molecule has 2 aliphatic rings. The molecule has 4 rings (SSSR count). The number of hydrogen-bond acceptors (Lipinski definition) is 4. The number of rotatable bonds is 4. The normalized spacial score (nSPS) is 21.3. The highest BCUT2D eigenvalue weighted by atomic mass is 19.4. The molecule has 4 nitrogen and oxygen atoms in total. The molecular weight excluding hydrogens is 353 g/mol. The topological polar surface area (TPSA) is 41.0 Å². The van der Waals surface area contributed by atoms with Crippen LogP contribution in [0.5, 0.6) is 0 Å². The van der Waals surface area contributed by atoms with Gasteiger partial charge in [0.1, 0.15) is 5.82 Å². The standard InChI is InChI=1S/C20H23F3N4/c1-13-11-18(24-16-3-2-10-27(12-16)17-8-9-17)25-26-19(13)14-4-6-15(7-5-14)20(21,22)23/h4-7,11,16-17H,2-3,8-10,12H2,1H3,(H,24,25)/t16-/m1/s1. The number of piperidine rings is 1. The second-order valence-corrected chi connectivity index (χ2v) is 7.55. The van der Waals surface area contributed by atoms with E-state index < -0.39 is 11.7 Å². The minimum atomic E-state index is -4.33. The van der Waals surface area contributed by atoms with Crippen molar-refractivity contribution in [2.75, 3.05) is 18.4 Å². The summed E-state index contributed by atoms with van der Waals surface area (Å²) < 4.78 is 38.2. The fourth-order valence-corrected chi connectivity index (χ4v) is 3.76. The number of nitrogens with one attached hydrogen (secondary N) is 1. The first kappa shape index (κ1) is 18.2. The van der Waals surface area contributed by atoms with Crippen LogP contribution in [-0.4, -0.2) is 40.3 Å². The van der Waals surface area contributed by atoms with Crippen LogP contribution in [0.15, 0.2) is 30.3 Å². The van der Waals surface area contributed by atoms with E-state index in [0.717, 1.165) is 42.5 Å². The number of benzene rings is 1. The quantitative estimate of drug-likeness (QED) is 0.853. The minimum Gasteiger partial charge on any atom is -0.365 e. The number of hydrogen-bond donors (Lipinski definition) is 1. The van der Waals surface area contributed by atoms with E-state index in [1.165, 1.54) is 37.9 Å². The number of anilines is 1. The summed E-state index contributed by atoms with van der Waals surface area (Å²) in [4.78, 5) is 2.55. The molecule has 1 aliphatic heterocycles. The van der Waals surface area contributed by atoms with Gasteiger partial charge in [0.15, 0.2) is 0 Å². The number of nitrogens with zero attached hydrogens (tertiary/aromatic N) is 3. The summed E-state index contributed by atoms with van der Waals surface area (Å²) in [5.41, 5.74) is 1.48. The Balaban J connectivity index is 1.46. The SMILES string of the molecule is Cc1cc(N[C@@H]2CCCN(C3CC3)C2)nnc1-c1ccc(C(F)(F)F)cc1. The van der Waals surface area contributed by atoms with Crippen molar-refractivity contribution in [2.45, 2.75) is 50.9 Å². The highest BCUT2D eigenvalue weighted by molar-refractivity contribution is 5.64. The zero-order chi connectivity index (χ0) is 19.0. The van der Waals surface area contributed by atoms with Crippen LogP contribution in [0.2, 0.25) is 0 Å². The van der Waals surface area contributed by atoms with Crippen LogP contribution in [-0.2, 0) is 6.18 Å².